The van der Waals surface area contributed by atoms with Crippen LogP contribution in [0.1, 0.15) is 43.1 Å². The fourth-order valence-corrected chi connectivity index (χ4v) is 3.34. The lowest BCUT2D eigenvalue weighted by atomic mass is 10.0. The highest BCUT2D eigenvalue weighted by Crippen LogP contribution is 2.31. The molecule has 0 aliphatic carbocycles. The van der Waals surface area contributed by atoms with E-state index in [9.17, 15) is 14.4 Å². The minimum absolute atomic E-state index is 0.267. The van der Waals surface area contributed by atoms with Gasteiger partial charge in [-0.25, -0.2) is 4.79 Å². The van der Waals surface area contributed by atoms with Crippen molar-refractivity contribution in [3.05, 3.63) is 77.9 Å². The molecule has 0 fully saturated rings. The molecule has 3 aromatic rings. The number of benzene rings is 3. The number of nitriles is 1. The van der Waals surface area contributed by atoms with Crippen molar-refractivity contribution in [1.82, 2.24) is 0 Å². The van der Waals surface area contributed by atoms with Crippen LogP contribution in [0, 0.1) is 11.3 Å². The first-order chi connectivity index (χ1) is 17.1. The van der Waals surface area contributed by atoms with E-state index in [0.717, 1.165) is 11.1 Å². The summed E-state index contributed by atoms with van der Waals surface area (Å²) in [6.45, 7) is 5.24. The first-order valence-corrected chi connectivity index (χ1v) is 11.2. The molecule has 0 atom stereocenters. The second-order valence-electron chi connectivity index (χ2n) is 8.96. The minimum atomic E-state index is -0.707. The summed E-state index contributed by atoms with van der Waals surface area (Å²) < 4.78 is 10.5. The Hall–Kier alpha value is -4.64. The van der Waals surface area contributed by atoms with E-state index < -0.39 is 29.8 Å². The van der Waals surface area contributed by atoms with Crippen molar-refractivity contribution >= 4 is 29.2 Å². The summed E-state index contributed by atoms with van der Waals surface area (Å²) in [5, 5.41) is 14.4. The Kier molecular flexibility index (Phi) is 8.07. The van der Waals surface area contributed by atoms with Gasteiger partial charge in [-0.15, -0.1) is 0 Å². The number of carbonyl (C=O) groups is 3. The predicted octanol–water partition coefficient (Wildman–Crippen LogP) is 5.79. The van der Waals surface area contributed by atoms with Crippen molar-refractivity contribution in [2.45, 2.75) is 32.8 Å². The lowest BCUT2D eigenvalue weighted by Crippen LogP contribution is -2.27. The highest BCUT2D eigenvalue weighted by molar-refractivity contribution is 6.12. The fourth-order valence-electron chi connectivity index (χ4n) is 3.34. The molecule has 36 heavy (non-hydrogen) atoms. The van der Waals surface area contributed by atoms with E-state index in [-0.39, 0.29) is 5.56 Å². The molecule has 3 aromatic carbocycles. The second kappa shape index (κ2) is 11.2. The maximum Gasteiger partial charge on any atom is 0.412 e. The molecule has 0 unspecified atom stereocenters. The van der Waals surface area contributed by atoms with Gasteiger partial charge in [-0.2, -0.15) is 5.26 Å². The Morgan fingerprint density at radius 2 is 1.58 bits per heavy atom. The third-order valence-electron chi connectivity index (χ3n) is 4.99. The van der Waals surface area contributed by atoms with Gasteiger partial charge in [-0.1, -0.05) is 30.3 Å². The number of hydrogen-bond acceptors (Lipinski definition) is 6. The predicted molar refractivity (Wildman–Crippen MR) is 137 cm³/mol. The molecule has 0 saturated heterocycles. The highest BCUT2D eigenvalue weighted by atomic mass is 16.6. The molecule has 184 valence electrons. The Morgan fingerprint density at radius 3 is 2.22 bits per heavy atom. The van der Waals surface area contributed by atoms with Crippen LogP contribution in [0.2, 0.25) is 0 Å². The Bertz CT molecular complexity index is 1320. The van der Waals surface area contributed by atoms with Crippen molar-refractivity contribution in [1.29, 1.82) is 5.26 Å². The Labute approximate surface area is 209 Å². The number of ether oxygens (including phenoxy) is 2. The summed E-state index contributed by atoms with van der Waals surface area (Å²) in [5.41, 5.74) is 2.14. The average Bonchev–Trinajstić information content (AvgIpc) is 2.84. The highest BCUT2D eigenvalue weighted by Gasteiger charge is 2.19. The zero-order valence-corrected chi connectivity index (χ0v) is 20.5. The van der Waals surface area contributed by atoms with Gasteiger partial charge in [0.05, 0.1) is 36.5 Å². The van der Waals surface area contributed by atoms with Crippen LogP contribution in [-0.4, -0.2) is 30.5 Å². The molecule has 0 radical (unpaired) electrons. The van der Waals surface area contributed by atoms with Crippen molar-refractivity contribution in [3.8, 4) is 22.9 Å². The standard InChI is InChI=1S/C28H27N3O5/c1-28(2,3)36-27(34)31-23-13-10-20(19-8-11-22(35-4)12-9-19)15-24(23)30-26(33)16-25(32)21-7-5-6-18(14-21)17-29/h5-15H,16H2,1-4H3,(H,30,33)(H,31,34). The number of amides is 2. The van der Waals surface area contributed by atoms with Crippen molar-refractivity contribution in [3.63, 3.8) is 0 Å². The monoisotopic (exact) mass is 485 g/mol. The quantitative estimate of drug-likeness (QED) is 0.323. The first kappa shape index (κ1) is 26.0. The number of nitrogens with zero attached hydrogens (tertiary/aromatic N) is 1. The zero-order chi connectivity index (χ0) is 26.3. The molecule has 2 N–H and O–H groups in total. The van der Waals surface area contributed by atoms with E-state index in [1.54, 1.807) is 64.3 Å². The average molecular weight is 486 g/mol. The molecule has 0 aliphatic heterocycles. The first-order valence-electron chi connectivity index (χ1n) is 11.2. The molecule has 0 saturated carbocycles. The van der Waals surface area contributed by atoms with Gasteiger partial charge in [-0.05, 0) is 68.3 Å². The van der Waals surface area contributed by atoms with Crippen LogP contribution in [0.25, 0.3) is 11.1 Å². The number of anilines is 2. The summed E-state index contributed by atoms with van der Waals surface area (Å²) in [5.74, 6) is -0.298. The fraction of sp³-hybridized carbons (Fsp3) is 0.214. The van der Waals surface area contributed by atoms with Gasteiger partial charge in [0, 0.05) is 5.56 Å². The van der Waals surface area contributed by atoms with Crippen LogP contribution in [0.15, 0.2) is 66.7 Å². The number of nitrogens with one attached hydrogen (secondary N) is 2. The summed E-state index contributed by atoms with van der Waals surface area (Å²) in [6.07, 6.45) is -1.12. The zero-order valence-electron chi connectivity index (χ0n) is 20.5. The Morgan fingerprint density at radius 1 is 0.889 bits per heavy atom. The lowest BCUT2D eigenvalue weighted by Gasteiger charge is -2.21. The van der Waals surface area contributed by atoms with Crippen molar-refractivity contribution < 1.29 is 23.9 Å². The summed E-state index contributed by atoms with van der Waals surface area (Å²) in [4.78, 5) is 37.8. The molecule has 3 rings (SSSR count). The maximum atomic E-state index is 12.8. The maximum absolute atomic E-state index is 12.8. The normalized spacial score (nSPS) is 10.6. The molecule has 0 bridgehead atoms. The molecule has 0 spiro atoms. The molecule has 0 aliphatic rings. The molecular formula is C28H27N3O5. The van der Waals surface area contributed by atoms with Gasteiger partial charge in [0.15, 0.2) is 5.78 Å². The van der Waals surface area contributed by atoms with E-state index in [2.05, 4.69) is 10.6 Å². The van der Waals surface area contributed by atoms with Crippen molar-refractivity contribution in [2.24, 2.45) is 0 Å². The van der Waals surface area contributed by atoms with Gasteiger partial charge in [0.25, 0.3) is 0 Å². The summed E-state index contributed by atoms with van der Waals surface area (Å²) in [7, 11) is 1.58. The smallest absolute Gasteiger partial charge is 0.412 e. The van der Waals surface area contributed by atoms with Crippen molar-refractivity contribution in [2.75, 3.05) is 17.7 Å². The minimum Gasteiger partial charge on any atom is -0.497 e. The number of rotatable bonds is 7. The van der Waals surface area contributed by atoms with E-state index >= 15 is 0 Å². The van der Waals surface area contributed by atoms with Crippen LogP contribution < -0.4 is 15.4 Å². The van der Waals surface area contributed by atoms with Crippen LogP contribution in [0.5, 0.6) is 5.75 Å². The van der Waals surface area contributed by atoms with Crippen LogP contribution in [0.3, 0.4) is 0 Å². The van der Waals surface area contributed by atoms with Gasteiger partial charge in [0.1, 0.15) is 11.4 Å². The Balaban J connectivity index is 1.86. The van der Waals surface area contributed by atoms with Gasteiger partial charge < -0.3 is 14.8 Å². The van der Waals surface area contributed by atoms with Crippen LogP contribution >= 0.6 is 0 Å². The number of hydrogen-bond donors (Lipinski definition) is 2. The SMILES string of the molecule is COc1ccc(-c2ccc(NC(=O)OC(C)(C)C)c(NC(=O)CC(=O)c3cccc(C#N)c3)c2)cc1. The molecule has 8 heteroatoms. The van der Waals surface area contributed by atoms with E-state index in [1.807, 2.05) is 30.3 Å². The number of Topliss-reactive ketones (excluding diaryl/α,β-unsaturated/α-hetero) is 1. The summed E-state index contributed by atoms with van der Waals surface area (Å²) >= 11 is 0. The van der Waals surface area contributed by atoms with E-state index in [1.165, 1.54) is 6.07 Å². The summed E-state index contributed by atoms with van der Waals surface area (Å²) in [6, 6.07) is 20.6. The third kappa shape index (κ3) is 7.18. The van der Waals surface area contributed by atoms with E-state index in [4.69, 9.17) is 14.7 Å². The van der Waals surface area contributed by atoms with Crippen LogP contribution in [-0.2, 0) is 9.53 Å². The van der Waals surface area contributed by atoms with Crippen LogP contribution in [0.4, 0.5) is 16.2 Å². The molecular weight excluding hydrogens is 458 g/mol. The largest absolute Gasteiger partial charge is 0.497 e. The number of methoxy groups -OCH3 is 1. The van der Waals surface area contributed by atoms with Gasteiger partial charge in [-0.3, -0.25) is 14.9 Å². The number of ketones is 1. The molecule has 2 amide bonds. The van der Waals surface area contributed by atoms with Gasteiger partial charge >= 0.3 is 6.09 Å². The van der Waals surface area contributed by atoms with E-state index in [0.29, 0.717) is 22.7 Å². The second-order valence-corrected chi connectivity index (χ2v) is 8.96. The molecule has 0 aromatic heterocycles. The molecule has 8 nitrogen and oxygen atoms in total. The third-order valence-corrected chi connectivity index (χ3v) is 4.99. The lowest BCUT2D eigenvalue weighted by molar-refractivity contribution is -0.115. The number of carbonyl (C=O) groups excluding carboxylic acids is 3. The topological polar surface area (TPSA) is 118 Å². The molecule has 0 heterocycles. The van der Waals surface area contributed by atoms with Gasteiger partial charge in [0.2, 0.25) is 5.91 Å².